The second-order valence-electron chi connectivity index (χ2n) is 7.31. The molecule has 0 aliphatic carbocycles. The Morgan fingerprint density at radius 3 is 2.71 bits per heavy atom. The summed E-state index contributed by atoms with van der Waals surface area (Å²) in [6.45, 7) is 2.82. The molecule has 0 aliphatic rings. The van der Waals surface area contributed by atoms with Gasteiger partial charge in [-0.3, -0.25) is 19.4 Å². The smallest absolute Gasteiger partial charge is 0.267 e. The van der Waals surface area contributed by atoms with Crippen molar-refractivity contribution in [3.8, 4) is 0 Å². The molecule has 2 N–H and O–H groups in total. The number of hydrogen-bond acceptors (Lipinski definition) is 5. The molecule has 0 aliphatic heterocycles. The highest BCUT2D eigenvalue weighted by molar-refractivity contribution is 5.96. The normalized spacial score (nSPS) is 11.2. The lowest BCUT2D eigenvalue weighted by atomic mass is 10.1. The van der Waals surface area contributed by atoms with Crippen LogP contribution in [0, 0.1) is 12.3 Å². The molecule has 31 heavy (non-hydrogen) atoms. The standard InChI is InChI=1S/C23H23N5O3/c1-15-8-9-19-26-21-18(23(30)28(19)14-15)12-17(20(24)27(21)10-11-31-2)22(29)25-13-16-6-4-3-5-7-16/h3-9,12,14,24H,10-11,13H2,1-2H3,(H,25,29). The number of carbonyl (C=O) groups excluding carboxylic acids is 1. The minimum atomic E-state index is -0.421. The number of nitrogens with one attached hydrogen (secondary N) is 2. The molecule has 0 unspecified atom stereocenters. The van der Waals surface area contributed by atoms with Gasteiger partial charge in [-0.25, -0.2) is 4.98 Å². The molecule has 1 amide bonds. The molecule has 158 valence electrons. The van der Waals surface area contributed by atoms with E-state index in [9.17, 15) is 9.59 Å². The van der Waals surface area contributed by atoms with Crippen molar-refractivity contribution in [1.82, 2.24) is 19.3 Å². The van der Waals surface area contributed by atoms with Crippen LogP contribution in [-0.4, -0.2) is 33.6 Å². The highest BCUT2D eigenvalue weighted by Crippen LogP contribution is 2.11. The van der Waals surface area contributed by atoms with Gasteiger partial charge in [-0.2, -0.15) is 0 Å². The molecule has 4 rings (SSSR count). The number of hydrogen-bond donors (Lipinski definition) is 2. The van der Waals surface area contributed by atoms with E-state index in [1.807, 2.05) is 43.3 Å². The van der Waals surface area contributed by atoms with Crippen LogP contribution in [0.15, 0.2) is 59.5 Å². The van der Waals surface area contributed by atoms with Crippen LogP contribution in [0.4, 0.5) is 0 Å². The zero-order valence-electron chi connectivity index (χ0n) is 17.4. The Bertz CT molecular complexity index is 1390. The number of nitrogens with zero attached hydrogens (tertiary/aromatic N) is 3. The van der Waals surface area contributed by atoms with Crippen molar-refractivity contribution in [3.63, 3.8) is 0 Å². The van der Waals surface area contributed by atoms with Crippen LogP contribution in [0.1, 0.15) is 21.5 Å². The van der Waals surface area contributed by atoms with E-state index >= 15 is 0 Å². The molecule has 0 saturated heterocycles. The van der Waals surface area contributed by atoms with Crippen LogP contribution in [0.25, 0.3) is 16.7 Å². The van der Waals surface area contributed by atoms with Gasteiger partial charge in [-0.15, -0.1) is 0 Å². The number of methoxy groups -OCH3 is 1. The molecule has 0 radical (unpaired) electrons. The third kappa shape index (κ3) is 3.97. The van der Waals surface area contributed by atoms with E-state index in [-0.39, 0.29) is 22.0 Å². The van der Waals surface area contributed by atoms with Gasteiger partial charge in [0.1, 0.15) is 16.8 Å². The minimum absolute atomic E-state index is 0.0153. The second-order valence-corrected chi connectivity index (χ2v) is 7.31. The van der Waals surface area contributed by atoms with Gasteiger partial charge in [-0.05, 0) is 30.2 Å². The number of aromatic nitrogens is 3. The monoisotopic (exact) mass is 417 g/mol. The maximum absolute atomic E-state index is 13.2. The molecule has 8 nitrogen and oxygen atoms in total. The highest BCUT2D eigenvalue weighted by atomic mass is 16.5. The Morgan fingerprint density at radius 1 is 1.19 bits per heavy atom. The molecule has 1 aromatic carbocycles. The van der Waals surface area contributed by atoms with Crippen LogP contribution in [0.5, 0.6) is 0 Å². The number of rotatable bonds is 6. The maximum atomic E-state index is 13.2. The Morgan fingerprint density at radius 2 is 1.97 bits per heavy atom. The summed E-state index contributed by atoms with van der Waals surface area (Å²) in [6.07, 6.45) is 1.72. The molecule has 3 heterocycles. The van der Waals surface area contributed by atoms with Crippen LogP contribution in [0.2, 0.25) is 0 Å². The molecule has 0 spiro atoms. The lowest BCUT2D eigenvalue weighted by Gasteiger charge is -2.14. The van der Waals surface area contributed by atoms with Crippen molar-refractivity contribution >= 4 is 22.6 Å². The van der Waals surface area contributed by atoms with E-state index in [1.54, 1.807) is 23.9 Å². The van der Waals surface area contributed by atoms with Gasteiger partial charge in [0, 0.05) is 26.4 Å². The van der Waals surface area contributed by atoms with Crippen molar-refractivity contribution in [2.45, 2.75) is 20.0 Å². The van der Waals surface area contributed by atoms with Crippen molar-refractivity contribution in [1.29, 1.82) is 5.41 Å². The fourth-order valence-electron chi connectivity index (χ4n) is 3.49. The molecule has 0 fully saturated rings. The summed E-state index contributed by atoms with van der Waals surface area (Å²) in [5, 5.41) is 11.7. The summed E-state index contributed by atoms with van der Waals surface area (Å²) in [5.74, 6) is -0.421. The van der Waals surface area contributed by atoms with Crippen LogP contribution >= 0.6 is 0 Å². The molecular weight excluding hydrogens is 394 g/mol. The summed E-state index contributed by atoms with van der Waals surface area (Å²) in [7, 11) is 1.56. The third-order valence-corrected chi connectivity index (χ3v) is 5.11. The first-order chi connectivity index (χ1) is 15.0. The molecule has 0 saturated carbocycles. The predicted molar refractivity (Wildman–Crippen MR) is 117 cm³/mol. The van der Waals surface area contributed by atoms with Gasteiger partial charge < -0.3 is 14.6 Å². The quantitative estimate of drug-likeness (QED) is 0.469. The van der Waals surface area contributed by atoms with E-state index in [4.69, 9.17) is 10.1 Å². The SMILES string of the molecule is COCCn1c(=N)c(C(=O)NCc2ccccc2)cc2c(=O)n3cc(C)ccc3nc21. The van der Waals surface area contributed by atoms with Gasteiger partial charge in [-0.1, -0.05) is 36.4 Å². The zero-order chi connectivity index (χ0) is 22.0. The van der Waals surface area contributed by atoms with Gasteiger partial charge in [0.25, 0.3) is 11.5 Å². The topological polar surface area (TPSA) is 101 Å². The van der Waals surface area contributed by atoms with Gasteiger partial charge in [0.05, 0.1) is 17.6 Å². The number of benzene rings is 1. The molecule has 8 heteroatoms. The summed E-state index contributed by atoms with van der Waals surface area (Å²) in [5.41, 5.74) is 2.52. The Balaban J connectivity index is 1.87. The molecule has 0 bridgehead atoms. The average Bonchev–Trinajstić information content (AvgIpc) is 2.78. The maximum Gasteiger partial charge on any atom is 0.267 e. The van der Waals surface area contributed by atoms with E-state index in [1.165, 1.54) is 10.5 Å². The second kappa shape index (κ2) is 8.53. The number of ether oxygens (including phenoxy) is 1. The van der Waals surface area contributed by atoms with Crippen LogP contribution in [0.3, 0.4) is 0 Å². The molecule has 0 atom stereocenters. The number of pyridine rings is 2. The van der Waals surface area contributed by atoms with E-state index in [0.29, 0.717) is 31.0 Å². The molecule has 4 aromatic rings. The van der Waals surface area contributed by atoms with Crippen LogP contribution < -0.4 is 16.4 Å². The predicted octanol–water partition coefficient (Wildman–Crippen LogP) is 2.01. The number of amides is 1. The van der Waals surface area contributed by atoms with E-state index < -0.39 is 5.91 Å². The Hall–Kier alpha value is -3.78. The van der Waals surface area contributed by atoms with Crippen molar-refractivity contribution < 1.29 is 9.53 Å². The van der Waals surface area contributed by atoms with E-state index in [2.05, 4.69) is 10.3 Å². The van der Waals surface area contributed by atoms with Gasteiger partial charge in [0.2, 0.25) is 0 Å². The first-order valence-electron chi connectivity index (χ1n) is 9.92. The van der Waals surface area contributed by atoms with Crippen LogP contribution in [-0.2, 0) is 17.8 Å². The average molecular weight is 417 g/mol. The lowest BCUT2D eigenvalue weighted by molar-refractivity contribution is 0.0948. The Kier molecular flexibility index (Phi) is 5.64. The van der Waals surface area contributed by atoms with Gasteiger partial charge in [0.15, 0.2) is 0 Å². The van der Waals surface area contributed by atoms with Crippen molar-refractivity contribution in [3.05, 3.63) is 87.3 Å². The molecular formula is C23H23N5O3. The molecule has 3 aromatic heterocycles. The Labute approximate surface area is 178 Å². The lowest BCUT2D eigenvalue weighted by Crippen LogP contribution is -2.35. The largest absolute Gasteiger partial charge is 0.383 e. The van der Waals surface area contributed by atoms with E-state index in [0.717, 1.165) is 11.1 Å². The summed E-state index contributed by atoms with van der Waals surface area (Å²) < 4.78 is 8.19. The first-order valence-corrected chi connectivity index (χ1v) is 9.92. The fraction of sp³-hybridized carbons (Fsp3) is 0.217. The number of fused-ring (bicyclic) bond motifs is 2. The van der Waals surface area contributed by atoms with Gasteiger partial charge >= 0.3 is 0 Å². The zero-order valence-corrected chi connectivity index (χ0v) is 17.4. The van der Waals surface area contributed by atoms with Crippen molar-refractivity contribution in [2.24, 2.45) is 0 Å². The summed E-state index contributed by atoms with van der Waals surface area (Å²) in [4.78, 5) is 30.8. The minimum Gasteiger partial charge on any atom is -0.383 e. The highest BCUT2D eigenvalue weighted by Gasteiger charge is 2.17. The first kappa shape index (κ1) is 20.5. The third-order valence-electron chi connectivity index (χ3n) is 5.11. The summed E-state index contributed by atoms with van der Waals surface area (Å²) in [6, 6.07) is 14.6. The summed E-state index contributed by atoms with van der Waals surface area (Å²) >= 11 is 0. The number of aryl methyl sites for hydroxylation is 1. The van der Waals surface area contributed by atoms with Crippen molar-refractivity contribution in [2.75, 3.05) is 13.7 Å². The fourth-order valence-corrected chi connectivity index (χ4v) is 3.49. The number of carbonyl (C=O) groups is 1.